The van der Waals surface area contributed by atoms with Gasteiger partial charge in [-0.15, -0.1) is 0 Å². The highest BCUT2D eigenvalue weighted by Crippen LogP contribution is 2.31. The predicted molar refractivity (Wildman–Crippen MR) is 127 cm³/mol. The topological polar surface area (TPSA) is 95.1 Å². The molecule has 3 aromatic rings. The molecule has 0 saturated carbocycles. The van der Waals surface area contributed by atoms with Crippen LogP contribution in [0.15, 0.2) is 66.7 Å². The van der Waals surface area contributed by atoms with Crippen LogP contribution < -0.4 is 29.6 Å². The molecule has 0 spiro atoms. The van der Waals surface area contributed by atoms with E-state index in [0.29, 0.717) is 47.2 Å². The minimum Gasteiger partial charge on any atom is -0.493 e. The van der Waals surface area contributed by atoms with E-state index < -0.39 is 6.10 Å². The van der Waals surface area contributed by atoms with Crippen LogP contribution in [0.3, 0.4) is 0 Å². The van der Waals surface area contributed by atoms with Gasteiger partial charge in [0.05, 0.1) is 14.2 Å². The molecular weight excluding hydrogens is 436 g/mol. The first-order chi connectivity index (χ1) is 16.6. The maximum absolute atomic E-state index is 12.5. The number of ether oxygens (including phenoxy) is 4. The van der Waals surface area contributed by atoms with E-state index in [1.807, 2.05) is 30.3 Å². The fourth-order valence-electron chi connectivity index (χ4n) is 3.53. The minimum absolute atomic E-state index is 0.128. The van der Waals surface area contributed by atoms with Crippen molar-refractivity contribution in [3.8, 4) is 23.0 Å². The zero-order valence-electron chi connectivity index (χ0n) is 19.0. The third-order valence-corrected chi connectivity index (χ3v) is 5.36. The maximum Gasteiger partial charge on any atom is 0.269 e. The number of carbonyl (C=O) groups is 2. The molecule has 0 aliphatic carbocycles. The Labute approximate surface area is 197 Å². The summed E-state index contributed by atoms with van der Waals surface area (Å²) in [4.78, 5) is 25.0. The lowest BCUT2D eigenvalue weighted by Crippen LogP contribution is -2.40. The van der Waals surface area contributed by atoms with E-state index in [2.05, 4.69) is 10.6 Å². The van der Waals surface area contributed by atoms with E-state index >= 15 is 0 Å². The standard InChI is InChI=1S/C26H26N2O6/c1-31-20-12-7-17(15-23(20)32-2)13-14-27-25(29)18-8-10-19(11-9-18)28-26(30)24-16-33-21-5-3-4-6-22(21)34-24/h3-12,15,24H,13-14,16H2,1-2H3,(H,27,29)(H,28,30)/t24-/m1/s1. The third kappa shape index (κ3) is 5.40. The Morgan fingerprint density at radius 3 is 2.41 bits per heavy atom. The molecule has 1 atom stereocenters. The molecule has 0 aromatic heterocycles. The summed E-state index contributed by atoms with van der Waals surface area (Å²) in [7, 11) is 3.18. The number of anilines is 1. The molecule has 176 valence electrons. The molecule has 1 aliphatic heterocycles. The lowest BCUT2D eigenvalue weighted by atomic mass is 10.1. The Bertz CT molecular complexity index is 1160. The molecular formula is C26H26N2O6. The van der Waals surface area contributed by atoms with E-state index in [4.69, 9.17) is 18.9 Å². The van der Waals surface area contributed by atoms with E-state index in [1.54, 1.807) is 50.6 Å². The molecule has 2 amide bonds. The van der Waals surface area contributed by atoms with Crippen LogP contribution in [0.5, 0.6) is 23.0 Å². The predicted octanol–water partition coefficient (Wildman–Crippen LogP) is 3.45. The van der Waals surface area contributed by atoms with Gasteiger partial charge in [0.25, 0.3) is 11.8 Å². The van der Waals surface area contributed by atoms with Crippen molar-refractivity contribution in [1.82, 2.24) is 5.32 Å². The molecule has 8 nitrogen and oxygen atoms in total. The summed E-state index contributed by atoms with van der Waals surface area (Å²) >= 11 is 0. The van der Waals surface area contributed by atoms with Gasteiger partial charge in [0.1, 0.15) is 6.61 Å². The summed E-state index contributed by atoms with van der Waals surface area (Å²) < 4.78 is 21.9. The Balaban J connectivity index is 1.27. The highest BCUT2D eigenvalue weighted by atomic mass is 16.6. The maximum atomic E-state index is 12.5. The van der Waals surface area contributed by atoms with Crippen molar-refractivity contribution < 1.29 is 28.5 Å². The van der Waals surface area contributed by atoms with Gasteiger partial charge < -0.3 is 29.6 Å². The van der Waals surface area contributed by atoms with E-state index in [9.17, 15) is 9.59 Å². The van der Waals surface area contributed by atoms with Gasteiger partial charge in [0, 0.05) is 17.8 Å². The Morgan fingerprint density at radius 1 is 0.941 bits per heavy atom. The van der Waals surface area contributed by atoms with E-state index in [1.165, 1.54) is 0 Å². The molecule has 0 fully saturated rings. The number of carbonyl (C=O) groups excluding carboxylic acids is 2. The molecule has 0 radical (unpaired) electrons. The van der Waals surface area contributed by atoms with Crippen LogP contribution in [0.1, 0.15) is 15.9 Å². The SMILES string of the molecule is COc1ccc(CCNC(=O)c2ccc(NC(=O)[C@H]3COc4ccccc4O3)cc2)cc1OC. The summed E-state index contributed by atoms with van der Waals surface area (Å²) in [6, 6.07) is 19.6. The number of amides is 2. The van der Waals surface area contributed by atoms with Gasteiger partial charge in [-0.25, -0.2) is 0 Å². The molecule has 2 N–H and O–H groups in total. The monoisotopic (exact) mass is 462 g/mol. The molecule has 1 heterocycles. The number of fused-ring (bicyclic) bond motifs is 1. The Kier molecular flexibility index (Phi) is 7.17. The van der Waals surface area contributed by atoms with Crippen LogP contribution in [0.25, 0.3) is 0 Å². The number of rotatable bonds is 8. The second-order valence-corrected chi connectivity index (χ2v) is 7.63. The zero-order chi connectivity index (χ0) is 23.9. The number of benzene rings is 3. The van der Waals surface area contributed by atoms with Gasteiger partial charge in [-0.3, -0.25) is 9.59 Å². The third-order valence-electron chi connectivity index (χ3n) is 5.36. The highest BCUT2D eigenvalue weighted by molar-refractivity contribution is 5.97. The van der Waals surface area contributed by atoms with Crippen molar-refractivity contribution in [2.45, 2.75) is 12.5 Å². The minimum atomic E-state index is -0.755. The van der Waals surface area contributed by atoms with Crippen molar-refractivity contribution >= 4 is 17.5 Å². The van der Waals surface area contributed by atoms with Crippen LogP contribution in [-0.2, 0) is 11.2 Å². The van der Waals surface area contributed by atoms with Gasteiger partial charge in [0.2, 0.25) is 6.10 Å². The molecule has 8 heteroatoms. The summed E-state index contributed by atoms with van der Waals surface area (Å²) in [5, 5.41) is 5.70. The smallest absolute Gasteiger partial charge is 0.269 e. The molecule has 1 aliphatic rings. The quantitative estimate of drug-likeness (QED) is 0.533. The van der Waals surface area contributed by atoms with Crippen LogP contribution in [-0.4, -0.2) is 45.3 Å². The lowest BCUT2D eigenvalue weighted by molar-refractivity contribution is -0.125. The van der Waals surface area contributed by atoms with Crippen LogP contribution >= 0.6 is 0 Å². The second kappa shape index (κ2) is 10.6. The Morgan fingerprint density at radius 2 is 1.68 bits per heavy atom. The molecule has 0 saturated heterocycles. The van der Waals surface area contributed by atoms with Gasteiger partial charge >= 0.3 is 0 Å². The largest absolute Gasteiger partial charge is 0.493 e. The first kappa shape index (κ1) is 23.0. The first-order valence-corrected chi connectivity index (χ1v) is 10.9. The molecule has 34 heavy (non-hydrogen) atoms. The van der Waals surface area contributed by atoms with Crippen LogP contribution in [0, 0.1) is 0 Å². The van der Waals surface area contributed by atoms with Gasteiger partial charge in [-0.2, -0.15) is 0 Å². The summed E-state index contributed by atoms with van der Waals surface area (Å²) in [6.45, 7) is 0.594. The molecule has 0 bridgehead atoms. The molecule has 3 aromatic carbocycles. The number of hydrogen-bond acceptors (Lipinski definition) is 6. The summed E-state index contributed by atoms with van der Waals surface area (Å²) in [5.41, 5.74) is 2.08. The normalized spacial score (nSPS) is 14.1. The highest BCUT2D eigenvalue weighted by Gasteiger charge is 2.27. The van der Waals surface area contributed by atoms with E-state index in [-0.39, 0.29) is 18.4 Å². The lowest BCUT2D eigenvalue weighted by Gasteiger charge is -2.25. The van der Waals surface area contributed by atoms with Crippen LogP contribution in [0.2, 0.25) is 0 Å². The van der Waals surface area contributed by atoms with Gasteiger partial charge in [-0.05, 0) is 60.5 Å². The summed E-state index contributed by atoms with van der Waals surface area (Å²) in [5.74, 6) is 1.95. The summed E-state index contributed by atoms with van der Waals surface area (Å²) in [6.07, 6.45) is -0.109. The number of para-hydroxylation sites is 2. The average Bonchev–Trinajstić information content (AvgIpc) is 2.88. The number of hydrogen-bond donors (Lipinski definition) is 2. The first-order valence-electron chi connectivity index (χ1n) is 10.9. The molecule has 4 rings (SSSR count). The fourth-order valence-corrected chi connectivity index (χ4v) is 3.53. The number of nitrogens with one attached hydrogen (secondary N) is 2. The number of methoxy groups -OCH3 is 2. The van der Waals surface area contributed by atoms with Crippen molar-refractivity contribution in [3.63, 3.8) is 0 Å². The van der Waals surface area contributed by atoms with Crippen molar-refractivity contribution in [3.05, 3.63) is 77.9 Å². The second-order valence-electron chi connectivity index (χ2n) is 7.63. The molecule has 0 unspecified atom stereocenters. The zero-order valence-corrected chi connectivity index (χ0v) is 19.0. The van der Waals surface area contributed by atoms with E-state index in [0.717, 1.165) is 5.56 Å². The van der Waals surface area contributed by atoms with Gasteiger partial charge in [-0.1, -0.05) is 18.2 Å². The average molecular weight is 463 g/mol. The van der Waals surface area contributed by atoms with Crippen molar-refractivity contribution in [2.75, 3.05) is 32.7 Å². The van der Waals surface area contributed by atoms with Crippen molar-refractivity contribution in [2.24, 2.45) is 0 Å². The van der Waals surface area contributed by atoms with Gasteiger partial charge in [0.15, 0.2) is 23.0 Å². The van der Waals surface area contributed by atoms with Crippen LogP contribution in [0.4, 0.5) is 5.69 Å². The Hall–Kier alpha value is -4.20. The van der Waals surface area contributed by atoms with Crippen molar-refractivity contribution in [1.29, 1.82) is 0 Å². The fraction of sp³-hybridized carbons (Fsp3) is 0.231.